The van der Waals surface area contributed by atoms with Gasteiger partial charge >= 0.3 is 0 Å². The van der Waals surface area contributed by atoms with E-state index < -0.39 is 15.8 Å². The van der Waals surface area contributed by atoms with E-state index in [9.17, 15) is 12.8 Å². The lowest BCUT2D eigenvalue weighted by Gasteiger charge is -2.22. The number of aryl methyl sites for hydroxylation is 1. The molecule has 0 saturated heterocycles. The summed E-state index contributed by atoms with van der Waals surface area (Å²) >= 11 is 0. The first-order chi connectivity index (χ1) is 13.9. The number of sulfonamides is 1. The van der Waals surface area contributed by atoms with E-state index in [2.05, 4.69) is 5.10 Å². The number of rotatable bonds is 7. The van der Waals surface area contributed by atoms with E-state index in [4.69, 9.17) is 9.15 Å². The van der Waals surface area contributed by atoms with Crippen LogP contribution in [0.4, 0.5) is 4.39 Å². The number of nitrogens with zero attached hydrogens (tertiary/aromatic N) is 3. The molecule has 9 heteroatoms. The number of methoxy groups -OCH3 is 1. The molecule has 0 saturated carbocycles. The molecule has 3 aromatic rings. The topological polar surface area (TPSA) is 77.6 Å². The zero-order chi connectivity index (χ0) is 20.6. The fourth-order valence-electron chi connectivity index (χ4n) is 3.79. The van der Waals surface area contributed by atoms with E-state index >= 15 is 0 Å². The summed E-state index contributed by atoms with van der Waals surface area (Å²) in [5, 5.41) is 4.54. The van der Waals surface area contributed by atoms with Crippen molar-refractivity contribution in [2.45, 2.75) is 37.2 Å². The summed E-state index contributed by atoms with van der Waals surface area (Å²) in [6.07, 6.45) is 4.32. The highest BCUT2D eigenvalue weighted by atomic mass is 32.2. The molecule has 0 bridgehead atoms. The first kappa shape index (κ1) is 19.7. The van der Waals surface area contributed by atoms with E-state index in [0.717, 1.165) is 36.6 Å². The molecular formula is C20H22FN3O4S. The van der Waals surface area contributed by atoms with E-state index in [-0.39, 0.29) is 23.7 Å². The van der Waals surface area contributed by atoms with Crippen LogP contribution >= 0.6 is 0 Å². The largest absolute Gasteiger partial charge is 0.495 e. The molecule has 154 valence electrons. The van der Waals surface area contributed by atoms with Crippen LogP contribution in [0.1, 0.15) is 29.1 Å². The lowest BCUT2D eigenvalue weighted by atomic mass is 10.2. The second kappa shape index (κ2) is 7.64. The predicted octanol–water partition coefficient (Wildman–Crippen LogP) is 3.04. The number of hydrogen-bond donors (Lipinski definition) is 0. The Bertz CT molecular complexity index is 1120. The minimum atomic E-state index is -4.09. The standard InChI is InChI=1S/C20H22FN3O4S/c1-23-18-7-3-6-16(18)17(22-23)13-24(12-15-5-4-10-28-15)29(25,26)20-11-14(21)8-9-19(20)27-2/h4-5,8-11H,3,6-7,12-13H2,1-2H3. The molecular weight excluding hydrogens is 397 g/mol. The normalized spacial score (nSPS) is 13.8. The average molecular weight is 419 g/mol. The molecule has 0 fully saturated rings. The van der Waals surface area contributed by atoms with Crippen molar-refractivity contribution in [2.24, 2.45) is 7.05 Å². The fraction of sp³-hybridized carbons (Fsp3) is 0.350. The monoisotopic (exact) mass is 419 g/mol. The lowest BCUT2D eigenvalue weighted by Crippen LogP contribution is -2.31. The molecule has 2 aromatic heterocycles. The molecule has 0 amide bonds. The molecule has 7 nitrogen and oxygen atoms in total. The van der Waals surface area contributed by atoms with Gasteiger partial charge in [0, 0.05) is 12.7 Å². The van der Waals surface area contributed by atoms with Crippen LogP contribution in [0, 0.1) is 5.82 Å². The molecule has 0 aliphatic heterocycles. The van der Waals surface area contributed by atoms with Crippen LogP contribution in [-0.4, -0.2) is 29.6 Å². The van der Waals surface area contributed by atoms with Crippen molar-refractivity contribution in [1.82, 2.24) is 14.1 Å². The highest BCUT2D eigenvalue weighted by Crippen LogP contribution is 2.31. The van der Waals surface area contributed by atoms with Crippen LogP contribution in [0.2, 0.25) is 0 Å². The van der Waals surface area contributed by atoms with Crippen LogP contribution < -0.4 is 4.74 Å². The number of fused-ring (bicyclic) bond motifs is 1. The van der Waals surface area contributed by atoms with E-state index in [1.54, 1.807) is 12.1 Å². The minimum Gasteiger partial charge on any atom is -0.495 e. The molecule has 0 spiro atoms. The van der Waals surface area contributed by atoms with Crippen LogP contribution in [0.5, 0.6) is 5.75 Å². The van der Waals surface area contributed by atoms with Crippen molar-refractivity contribution >= 4 is 10.0 Å². The Kier molecular flexibility index (Phi) is 5.18. The maximum atomic E-state index is 13.9. The molecule has 29 heavy (non-hydrogen) atoms. The highest BCUT2D eigenvalue weighted by molar-refractivity contribution is 7.89. The summed E-state index contributed by atoms with van der Waals surface area (Å²) < 4.78 is 54.5. The van der Waals surface area contributed by atoms with Gasteiger partial charge in [-0.15, -0.1) is 0 Å². The third kappa shape index (κ3) is 3.67. The van der Waals surface area contributed by atoms with Gasteiger partial charge in [0.25, 0.3) is 0 Å². The Balaban J connectivity index is 1.76. The van der Waals surface area contributed by atoms with Crippen LogP contribution in [0.3, 0.4) is 0 Å². The molecule has 0 N–H and O–H groups in total. The molecule has 1 aromatic carbocycles. The van der Waals surface area contributed by atoms with Crippen molar-refractivity contribution in [3.8, 4) is 5.75 Å². The Morgan fingerprint density at radius 1 is 1.28 bits per heavy atom. The summed E-state index contributed by atoms with van der Waals surface area (Å²) in [5.74, 6) is -0.0836. The number of benzene rings is 1. The smallest absolute Gasteiger partial charge is 0.247 e. The zero-order valence-corrected chi connectivity index (χ0v) is 17.1. The summed E-state index contributed by atoms with van der Waals surface area (Å²) in [6, 6.07) is 6.85. The maximum absolute atomic E-state index is 13.9. The quantitative estimate of drug-likeness (QED) is 0.588. The number of furan rings is 1. The number of halogens is 1. The number of ether oxygens (including phenoxy) is 1. The van der Waals surface area contributed by atoms with Crippen molar-refractivity contribution in [2.75, 3.05) is 7.11 Å². The van der Waals surface area contributed by atoms with Gasteiger partial charge in [-0.1, -0.05) is 0 Å². The van der Waals surface area contributed by atoms with Gasteiger partial charge in [0.15, 0.2) is 0 Å². The van der Waals surface area contributed by atoms with Crippen LogP contribution in [-0.2, 0) is 43.0 Å². The Morgan fingerprint density at radius 2 is 2.10 bits per heavy atom. The lowest BCUT2D eigenvalue weighted by molar-refractivity contribution is 0.348. The summed E-state index contributed by atoms with van der Waals surface area (Å²) in [6.45, 7) is 0.0617. The minimum absolute atomic E-state index is 0.000346. The highest BCUT2D eigenvalue weighted by Gasteiger charge is 2.32. The van der Waals surface area contributed by atoms with E-state index in [1.165, 1.54) is 29.8 Å². The maximum Gasteiger partial charge on any atom is 0.247 e. The van der Waals surface area contributed by atoms with Crippen molar-refractivity contribution in [3.63, 3.8) is 0 Å². The fourth-order valence-corrected chi connectivity index (χ4v) is 5.32. The van der Waals surface area contributed by atoms with Gasteiger partial charge in [0.2, 0.25) is 10.0 Å². The van der Waals surface area contributed by atoms with Gasteiger partial charge in [0.1, 0.15) is 22.2 Å². The van der Waals surface area contributed by atoms with Gasteiger partial charge in [-0.3, -0.25) is 4.68 Å². The Labute approximate surface area is 168 Å². The summed E-state index contributed by atoms with van der Waals surface area (Å²) in [4.78, 5) is -0.223. The van der Waals surface area contributed by atoms with Gasteiger partial charge in [-0.25, -0.2) is 12.8 Å². The van der Waals surface area contributed by atoms with Crippen molar-refractivity contribution in [1.29, 1.82) is 0 Å². The Morgan fingerprint density at radius 3 is 2.83 bits per heavy atom. The molecule has 4 rings (SSSR count). The Hall–Kier alpha value is -2.65. The predicted molar refractivity (Wildman–Crippen MR) is 103 cm³/mol. The molecule has 0 unspecified atom stereocenters. The third-order valence-electron chi connectivity index (χ3n) is 5.18. The molecule has 1 aliphatic rings. The van der Waals surface area contributed by atoms with Crippen molar-refractivity contribution < 1.29 is 22.0 Å². The molecule has 0 radical (unpaired) electrons. The SMILES string of the molecule is COc1ccc(F)cc1S(=O)(=O)N(Cc1ccco1)Cc1nn(C)c2c1CCC2. The summed E-state index contributed by atoms with van der Waals surface area (Å²) in [7, 11) is -0.864. The average Bonchev–Trinajstić information content (AvgIpc) is 3.42. The van der Waals surface area contributed by atoms with Crippen LogP contribution in [0.25, 0.3) is 0 Å². The number of hydrogen-bond acceptors (Lipinski definition) is 5. The second-order valence-electron chi connectivity index (χ2n) is 7.00. The van der Waals surface area contributed by atoms with Gasteiger partial charge in [0.05, 0.1) is 32.2 Å². The van der Waals surface area contributed by atoms with Gasteiger partial charge in [-0.05, 0) is 55.2 Å². The molecule has 2 heterocycles. The third-order valence-corrected chi connectivity index (χ3v) is 6.99. The first-order valence-electron chi connectivity index (χ1n) is 9.30. The van der Waals surface area contributed by atoms with Crippen LogP contribution in [0.15, 0.2) is 45.9 Å². The van der Waals surface area contributed by atoms with Gasteiger partial charge < -0.3 is 9.15 Å². The number of aromatic nitrogens is 2. The van der Waals surface area contributed by atoms with E-state index in [1.807, 2.05) is 11.7 Å². The second-order valence-corrected chi connectivity index (χ2v) is 8.90. The molecule has 0 atom stereocenters. The van der Waals surface area contributed by atoms with Crippen molar-refractivity contribution in [3.05, 3.63) is 65.1 Å². The first-order valence-corrected chi connectivity index (χ1v) is 10.7. The van der Waals surface area contributed by atoms with E-state index in [0.29, 0.717) is 11.5 Å². The zero-order valence-electron chi connectivity index (χ0n) is 16.3. The summed E-state index contributed by atoms with van der Waals surface area (Å²) in [5.41, 5.74) is 2.95. The van der Waals surface area contributed by atoms with Gasteiger partial charge in [-0.2, -0.15) is 9.40 Å². The molecule has 1 aliphatic carbocycles.